The number of carbonyl (C=O) groups excluding carboxylic acids is 2. The van der Waals surface area contributed by atoms with Crippen molar-refractivity contribution in [1.82, 2.24) is 10.0 Å². The second kappa shape index (κ2) is 12.7. The van der Waals surface area contributed by atoms with Gasteiger partial charge in [-0.15, -0.1) is 0 Å². The minimum absolute atomic E-state index is 0.0349. The van der Waals surface area contributed by atoms with E-state index in [4.69, 9.17) is 0 Å². The Hall–Kier alpha value is -3.94. The third-order valence-corrected chi connectivity index (χ3v) is 7.05. The maximum Gasteiger partial charge on any atom is 0.251 e. The molecule has 2 amide bonds. The molecule has 0 saturated heterocycles. The van der Waals surface area contributed by atoms with Crippen LogP contribution in [-0.2, 0) is 11.2 Å². The zero-order valence-corrected chi connectivity index (χ0v) is 23.0. The van der Waals surface area contributed by atoms with Crippen LogP contribution in [0, 0.1) is 5.82 Å². The Balaban J connectivity index is 1.49. The van der Waals surface area contributed by atoms with E-state index in [1.807, 2.05) is 78.9 Å². The first kappa shape index (κ1) is 28.1. The van der Waals surface area contributed by atoms with Crippen LogP contribution in [0.4, 0.5) is 10.1 Å². The average molecular weight is 542 g/mol. The van der Waals surface area contributed by atoms with Crippen LogP contribution in [0.3, 0.4) is 0 Å². The summed E-state index contributed by atoms with van der Waals surface area (Å²) in [6.07, 6.45) is 0.289. The van der Waals surface area contributed by atoms with Gasteiger partial charge in [-0.1, -0.05) is 54.6 Å². The van der Waals surface area contributed by atoms with Crippen molar-refractivity contribution in [3.05, 3.63) is 120 Å². The molecule has 0 spiro atoms. The lowest BCUT2D eigenvalue weighted by Crippen LogP contribution is -2.45. The van der Waals surface area contributed by atoms with Gasteiger partial charge in [0.1, 0.15) is 11.9 Å². The fourth-order valence-corrected chi connectivity index (χ4v) is 4.50. The Kier molecular flexibility index (Phi) is 9.17. The molecule has 0 aliphatic heterocycles. The predicted molar refractivity (Wildman–Crippen MR) is 157 cm³/mol. The molecule has 3 N–H and O–H groups in total. The zero-order chi connectivity index (χ0) is 27.8. The van der Waals surface area contributed by atoms with Gasteiger partial charge in [-0.2, -0.15) is 0 Å². The van der Waals surface area contributed by atoms with Crippen LogP contribution >= 0.6 is 11.9 Å². The lowest BCUT2D eigenvalue weighted by Gasteiger charge is -2.20. The smallest absolute Gasteiger partial charge is 0.251 e. The van der Waals surface area contributed by atoms with Crippen LogP contribution in [-0.4, -0.2) is 23.4 Å². The van der Waals surface area contributed by atoms with Crippen molar-refractivity contribution in [2.75, 3.05) is 5.32 Å². The third-order valence-electron chi connectivity index (χ3n) is 5.83. The van der Waals surface area contributed by atoms with Gasteiger partial charge in [0.05, 0.1) is 0 Å². The number of amides is 2. The summed E-state index contributed by atoms with van der Waals surface area (Å²) in [5.74, 6) is -1.22. The first-order chi connectivity index (χ1) is 18.7. The largest absolute Gasteiger partial charge is 0.340 e. The Morgan fingerprint density at radius 1 is 0.795 bits per heavy atom. The molecule has 4 aromatic carbocycles. The first-order valence-corrected chi connectivity index (χ1v) is 13.5. The second-order valence-corrected chi connectivity index (χ2v) is 11.1. The number of anilines is 1. The van der Waals surface area contributed by atoms with Gasteiger partial charge in [0.25, 0.3) is 5.91 Å². The molecule has 0 fully saturated rings. The maximum atomic E-state index is 13.4. The van der Waals surface area contributed by atoms with E-state index in [-0.39, 0.29) is 23.4 Å². The van der Waals surface area contributed by atoms with E-state index in [0.717, 1.165) is 21.6 Å². The molecule has 0 saturated carbocycles. The second-order valence-electron chi connectivity index (χ2n) is 10.3. The molecule has 5 nitrogen and oxygen atoms in total. The number of hydrogen-bond acceptors (Lipinski definition) is 4. The molecule has 0 radical (unpaired) electrons. The highest BCUT2D eigenvalue weighted by Gasteiger charge is 2.22. The summed E-state index contributed by atoms with van der Waals surface area (Å²) in [6, 6.07) is 29.9. The van der Waals surface area contributed by atoms with Crippen molar-refractivity contribution < 1.29 is 14.0 Å². The van der Waals surface area contributed by atoms with E-state index in [0.29, 0.717) is 5.69 Å². The summed E-state index contributed by atoms with van der Waals surface area (Å²) in [6.45, 7) is 6.26. The maximum absolute atomic E-state index is 13.4. The van der Waals surface area contributed by atoms with Crippen LogP contribution in [0.5, 0.6) is 0 Å². The van der Waals surface area contributed by atoms with Gasteiger partial charge in [0.15, 0.2) is 0 Å². The summed E-state index contributed by atoms with van der Waals surface area (Å²) in [5.41, 5.74) is 3.93. The van der Waals surface area contributed by atoms with Crippen molar-refractivity contribution in [3.8, 4) is 11.1 Å². The Morgan fingerprint density at radius 3 is 2.03 bits per heavy atom. The molecule has 0 heterocycles. The van der Waals surface area contributed by atoms with Gasteiger partial charge in [0.2, 0.25) is 5.91 Å². The summed E-state index contributed by atoms with van der Waals surface area (Å²) < 4.78 is 16.7. The normalized spacial score (nSPS) is 12.0. The van der Waals surface area contributed by atoms with Crippen molar-refractivity contribution in [3.63, 3.8) is 0 Å². The van der Waals surface area contributed by atoms with E-state index in [1.165, 1.54) is 36.2 Å². The fourth-order valence-electron chi connectivity index (χ4n) is 3.80. The predicted octanol–water partition coefficient (Wildman–Crippen LogP) is 6.87. The van der Waals surface area contributed by atoms with E-state index in [1.54, 1.807) is 0 Å². The van der Waals surface area contributed by atoms with Gasteiger partial charge >= 0.3 is 0 Å². The molecule has 4 aromatic rings. The molecule has 0 aliphatic carbocycles. The molecule has 0 bridgehead atoms. The molecule has 0 unspecified atom stereocenters. The quantitative estimate of drug-likeness (QED) is 0.202. The summed E-state index contributed by atoms with van der Waals surface area (Å²) in [4.78, 5) is 27.3. The lowest BCUT2D eigenvalue weighted by atomic mass is 10.00. The number of hydrogen-bond donors (Lipinski definition) is 3. The number of carbonyl (C=O) groups is 2. The van der Waals surface area contributed by atoms with Crippen LogP contribution in [0.15, 0.2) is 108 Å². The van der Waals surface area contributed by atoms with Crippen LogP contribution in [0.2, 0.25) is 0 Å². The van der Waals surface area contributed by atoms with Crippen LogP contribution in [0.25, 0.3) is 11.1 Å². The molecular formula is C32H32FN3O2S. The lowest BCUT2D eigenvalue weighted by molar-refractivity contribution is -0.118. The summed E-state index contributed by atoms with van der Waals surface area (Å²) >= 11 is 1.52. The van der Waals surface area contributed by atoms with E-state index >= 15 is 0 Å². The molecule has 0 aliphatic rings. The highest BCUT2D eigenvalue weighted by atomic mass is 32.2. The number of halogens is 1. The molecule has 7 heteroatoms. The highest BCUT2D eigenvalue weighted by Crippen LogP contribution is 2.22. The summed E-state index contributed by atoms with van der Waals surface area (Å²) in [5, 5.41) is 5.75. The van der Waals surface area contributed by atoms with Gasteiger partial charge in [0, 0.05) is 28.1 Å². The van der Waals surface area contributed by atoms with Gasteiger partial charge in [-0.05, 0) is 97.9 Å². The summed E-state index contributed by atoms with van der Waals surface area (Å²) in [7, 11) is 0. The Bertz CT molecular complexity index is 1390. The fraction of sp³-hybridized carbons (Fsp3) is 0.188. The van der Waals surface area contributed by atoms with E-state index in [9.17, 15) is 14.0 Å². The Morgan fingerprint density at radius 2 is 1.41 bits per heavy atom. The van der Waals surface area contributed by atoms with Crippen molar-refractivity contribution >= 4 is 29.4 Å². The average Bonchev–Trinajstić information content (AvgIpc) is 2.93. The molecular weight excluding hydrogens is 509 g/mol. The SMILES string of the molecule is CC(C)(C)NSc1ccc(NC(=O)[C@H](Cc2ccc(-c3ccccc3)cc2)NC(=O)c2ccc(F)cc2)cc1. The van der Waals surface area contributed by atoms with Crippen molar-refractivity contribution in [2.45, 2.75) is 43.7 Å². The molecule has 4 rings (SSSR count). The van der Waals surface area contributed by atoms with Gasteiger partial charge in [-0.3, -0.25) is 14.3 Å². The number of rotatable bonds is 9. The van der Waals surface area contributed by atoms with Crippen molar-refractivity contribution in [1.29, 1.82) is 0 Å². The van der Waals surface area contributed by atoms with Crippen LogP contribution < -0.4 is 15.4 Å². The molecule has 0 aromatic heterocycles. The monoisotopic (exact) mass is 541 g/mol. The van der Waals surface area contributed by atoms with E-state index < -0.39 is 17.8 Å². The number of nitrogens with one attached hydrogen (secondary N) is 3. The van der Waals surface area contributed by atoms with Gasteiger partial charge in [-0.25, -0.2) is 4.39 Å². The topological polar surface area (TPSA) is 70.2 Å². The third kappa shape index (κ3) is 8.53. The molecule has 200 valence electrons. The highest BCUT2D eigenvalue weighted by molar-refractivity contribution is 7.97. The molecule has 1 atom stereocenters. The Labute approximate surface area is 233 Å². The van der Waals surface area contributed by atoms with Crippen LogP contribution in [0.1, 0.15) is 36.7 Å². The minimum Gasteiger partial charge on any atom is -0.340 e. The van der Waals surface area contributed by atoms with E-state index in [2.05, 4.69) is 36.1 Å². The first-order valence-electron chi connectivity index (χ1n) is 12.7. The van der Waals surface area contributed by atoms with Gasteiger partial charge < -0.3 is 10.6 Å². The minimum atomic E-state index is -0.846. The zero-order valence-electron chi connectivity index (χ0n) is 22.2. The standard InChI is InChI=1S/C32H32FN3O2S/c1-32(2,3)36-39-28-19-17-27(18-20-28)34-31(38)29(35-30(37)25-13-15-26(33)16-14-25)21-22-9-11-24(12-10-22)23-7-5-4-6-8-23/h4-20,29,36H,21H2,1-3H3,(H,34,38)(H,35,37)/t29-/m0/s1. The number of benzene rings is 4. The van der Waals surface area contributed by atoms with Crippen molar-refractivity contribution in [2.24, 2.45) is 0 Å². The molecule has 39 heavy (non-hydrogen) atoms.